The van der Waals surface area contributed by atoms with Crippen LogP contribution in [0.5, 0.6) is 0 Å². The molecule has 0 aliphatic heterocycles. The molecule has 1 amide bonds. The summed E-state index contributed by atoms with van der Waals surface area (Å²) in [6.07, 6.45) is 4.47. The number of carbonyl (C=O) groups excluding carboxylic acids is 1. The molecular weight excluding hydrogens is 316 g/mol. The lowest BCUT2D eigenvalue weighted by atomic mass is 10.1. The molecule has 126 valence electrons. The Labute approximate surface area is 144 Å². The molecule has 0 saturated heterocycles. The molecule has 1 N–H and O–H groups in total. The minimum atomic E-state index is -0.690. The van der Waals surface area contributed by atoms with E-state index in [4.69, 9.17) is 0 Å². The second kappa shape index (κ2) is 6.12. The molecule has 0 spiro atoms. The van der Waals surface area contributed by atoms with Crippen molar-refractivity contribution in [1.29, 1.82) is 0 Å². The minimum absolute atomic E-state index is 0.233. The Morgan fingerprint density at radius 1 is 1.24 bits per heavy atom. The highest BCUT2D eigenvalue weighted by molar-refractivity contribution is 6.02. The van der Waals surface area contributed by atoms with E-state index >= 15 is 0 Å². The van der Waals surface area contributed by atoms with E-state index in [1.807, 2.05) is 30.3 Å². The molecule has 6 nitrogen and oxygen atoms in total. The van der Waals surface area contributed by atoms with Gasteiger partial charge in [0.15, 0.2) is 0 Å². The summed E-state index contributed by atoms with van der Waals surface area (Å²) in [7, 11) is 0. The lowest BCUT2D eigenvalue weighted by molar-refractivity contribution is -0.119. The Hall–Kier alpha value is -3.02. The second-order valence-electron chi connectivity index (χ2n) is 6.29. The molecule has 2 aromatic heterocycles. The number of anilines is 1. The van der Waals surface area contributed by atoms with E-state index in [1.54, 1.807) is 19.2 Å². The maximum atomic E-state index is 12.7. The van der Waals surface area contributed by atoms with Crippen LogP contribution in [-0.4, -0.2) is 20.7 Å². The molecule has 0 radical (unpaired) electrons. The van der Waals surface area contributed by atoms with Crippen molar-refractivity contribution in [3.63, 3.8) is 0 Å². The van der Waals surface area contributed by atoms with Crippen LogP contribution in [0.15, 0.2) is 47.4 Å². The molecule has 2 heterocycles. The van der Waals surface area contributed by atoms with Gasteiger partial charge in [0.2, 0.25) is 5.91 Å². The highest BCUT2D eigenvalue weighted by Gasteiger charge is 2.21. The molecule has 0 saturated carbocycles. The number of amides is 1. The van der Waals surface area contributed by atoms with Crippen molar-refractivity contribution < 1.29 is 4.79 Å². The van der Waals surface area contributed by atoms with Gasteiger partial charge in [-0.2, -0.15) is 5.10 Å². The number of carbonyl (C=O) groups is 1. The molecule has 25 heavy (non-hydrogen) atoms. The Bertz CT molecular complexity index is 1020. The maximum absolute atomic E-state index is 12.7. The van der Waals surface area contributed by atoms with E-state index in [0.717, 1.165) is 41.4 Å². The fraction of sp³-hybridized carbons (Fsp3) is 0.263. The summed E-state index contributed by atoms with van der Waals surface area (Å²) < 4.78 is 1.28. The Balaban J connectivity index is 1.64. The zero-order valence-electron chi connectivity index (χ0n) is 13.9. The third-order valence-electron chi connectivity index (χ3n) is 4.63. The van der Waals surface area contributed by atoms with Crippen molar-refractivity contribution >= 4 is 22.5 Å². The number of hydrogen-bond donors (Lipinski definition) is 1. The van der Waals surface area contributed by atoms with Crippen molar-refractivity contribution in [2.75, 3.05) is 5.32 Å². The molecule has 1 atom stereocenters. The van der Waals surface area contributed by atoms with Gasteiger partial charge in [-0.3, -0.25) is 14.6 Å². The number of nitrogens with one attached hydrogen (secondary N) is 1. The minimum Gasteiger partial charge on any atom is -0.324 e. The smallest absolute Gasteiger partial charge is 0.267 e. The monoisotopic (exact) mass is 334 g/mol. The van der Waals surface area contributed by atoms with Gasteiger partial charge >= 0.3 is 0 Å². The van der Waals surface area contributed by atoms with Crippen LogP contribution in [-0.2, 0) is 17.6 Å². The van der Waals surface area contributed by atoms with Gasteiger partial charge in [0.05, 0.1) is 16.9 Å². The van der Waals surface area contributed by atoms with Crippen molar-refractivity contribution in [2.24, 2.45) is 0 Å². The second-order valence-corrected chi connectivity index (χ2v) is 6.29. The summed E-state index contributed by atoms with van der Waals surface area (Å²) in [5.74, 6) is -0.274. The van der Waals surface area contributed by atoms with Crippen LogP contribution in [0, 0.1) is 0 Å². The van der Waals surface area contributed by atoms with Crippen LogP contribution in [0.1, 0.15) is 30.6 Å². The molecule has 0 bridgehead atoms. The number of hydrogen-bond acceptors (Lipinski definition) is 4. The molecule has 4 rings (SSSR count). The van der Waals surface area contributed by atoms with E-state index in [2.05, 4.69) is 15.4 Å². The van der Waals surface area contributed by atoms with Gasteiger partial charge in [-0.1, -0.05) is 6.07 Å². The lowest BCUT2D eigenvalue weighted by Gasteiger charge is -2.16. The molecule has 0 fully saturated rings. The summed E-state index contributed by atoms with van der Waals surface area (Å²) in [5.41, 5.74) is 3.18. The number of aryl methyl sites for hydroxylation is 2. The van der Waals surface area contributed by atoms with Gasteiger partial charge in [0, 0.05) is 17.6 Å². The van der Waals surface area contributed by atoms with Crippen molar-refractivity contribution in [3.05, 3.63) is 64.2 Å². The fourth-order valence-corrected chi connectivity index (χ4v) is 3.25. The number of rotatable bonds is 3. The fourth-order valence-electron chi connectivity index (χ4n) is 3.25. The Kier molecular flexibility index (Phi) is 3.80. The number of pyridine rings is 1. The lowest BCUT2D eigenvalue weighted by Crippen LogP contribution is -2.34. The summed E-state index contributed by atoms with van der Waals surface area (Å²) in [5, 5.41) is 8.17. The largest absolute Gasteiger partial charge is 0.324 e. The number of fused-ring (bicyclic) bond motifs is 2. The Morgan fingerprint density at radius 3 is 3.00 bits per heavy atom. The normalized spacial score (nSPS) is 14.3. The SMILES string of the molecule is CC(C(=O)Nc1cccc2ncccc12)n1nc2c(cc1=O)CCC2. The first-order chi connectivity index (χ1) is 12.1. The summed E-state index contributed by atoms with van der Waals surface area (Å²) in [6.45, 7) is 1.69. The third-order valence-corrected chi connectivity index (χ3v) is 4.63. The average Bonchev–Trinajstić information content (AvgIpc) is 3.08. The molecule has 1 aromatic carbocycles. The molecule has 1 aliphatic carbocycles. The predicted molar refractivity (Wildman–Crippen MR) is 95.6 cm³/mol. The number of nitrogens with zero attached hydrogens (tertiary/aromatic N) is 3. The third kappa shape index (κ3) is 2.80. The topological polar surface area (TPSA) is 76.9 Å². The molecule has 6 heteroatoms. The van der Waals surface area contributed by atoms with Gasteiger partial charge in [0.1, 0.15) is 6.04 Å². The van der Waals surface area contributed by atoms with Gasteiger partial charge in [-0.25, -0.2) is 4.68 Å². The molecular formula is C19H18N4O2. The van der Waals surface area contributed by atoms with Crippen LogP contribution in [0.2, 0.25) is 0 Å². The van der Waals surface area contributed by atoms with E-state index in [1.165, 1.54) is 4.68 Å². The van der Waals surface area contributed by atoms with Gasteiger partial charge in [-0.15, -0.1) is 0 Å². The standard InChI is InChI=1S/C19H18N4O2/c1-12(23-18(24)11-13-5-2-7-15(13)22-23)19(25)21-17-9-3-8-16-14(17)6-4-10-20-16/h3-4,6,8-12H,2,5,7H2,1H3,(H,21,25). The van der Waals surface area contributed by atoms with E-state index in [-0.39, 0.29) is 11.5 Å². The van der Waals surface area contributed by atoms with Gasteiger partial charge in [0.25, 0.3) is 5.56 Å². The van der Waals surface area contributed by atoms with E-state index in [9.17, 15) is 9.59 Å². The Morgan fingerprint density at radius 2 is 2.12 bits per heavy atom. The number of aromatic nitrogens is 3. The highest BCUT2D eigenvalue weighted by Crippen LogP contribution is 2.22. The molecule has 1 aliphatic rings. The van der Waals surface area contributed by atoms with Crippen LogP contribution in [0.3, 0.4) is 0 Å². The quantitative estimate of drug-likeness (QED) is 0.798. The molecule has 3 aromatic rings. The summed E-state index contributed by atoms with van der Waals surface area (Å²) in [6, 6.07) is 10.2. The molecule has 1 unspecified atom stereocenters. The van der Waals surface area contributed by atoms with Crippen molar-refractivity contribution in [3.8, 4) is 0 Å². The zero-order chi connectivity index (χ0) is 17.4. The van der Waals surface area contributed by atoms with Crippen LogP contribution >= 0.6 is 0 Å². The zero-order valence-corrected chi connectivity index (χ0v) is 13.9. The highest BCUT2D eigenvalue weighted by atomic mass is 16.2. The van der Waals surface area contributed by atoms with E-state index < -0.39 is 6.04 Å². The van der Waals surface area contributed by atoms with Gasteiger partial charge < -0.3 is 5.32 Å². The van der Waals surface area contributed by atoms with Crippen molar-refractivity contribution in [2.45, 2.75) is 32.2 Å². The van der Waals surface area contributed by atoms with Crippen LogP contribution < -0.4 is 10.9 Å². The average molecular weight is 334 g/mol. The van der Waals surface area contributed by atoms with Crippen molar-refractivity contribution in [1.82, 2.24) is 14.8 Å². The predicted octanol–water partition coefficient (Wildman–Crippen LogP) is 2.48. The first-order valence-electron chi connectivity index (χ1n) is 8.40. The van der Waals surface area contributed by atoms with Crippen LogP contribution in [0.25, 0.3) is 10.9 Å². The number of benzene rings is 1. The van der Waals surface area contributed by atoms with Crippen LogP contribution in [0.4, 0.5) is 5.69 Å². The van der Waals surface area contributed by atoms with Gasteiger partial charge in [-0.05, 0) is 56.0 Å². The summed E-state index contributed by atoms with van der Waals surface area (Å²) in [4.78, 5) is 29.3. The summed E-state index contributed by atoms with van der Waals surface area (Å²) >= 11 is 0. The first-order valence-corrected chi connectivity index (χ1v) is 8.40. The first kappa shape index (κ1) is 15.5. The maximum Gasteiger partial charge on any atom is 0.267 e. The van der Waals surface area contributed by atoms with E-state index in [0.29, 0.717) is 5.69 Å².